The number of hydrogen-bond donors (Lipinski definition) is 1. The Morgan fingerprint density at radius 1 is 1.27 bits per heavy atom. The van der Waals surface area contributed by atoms with Crippen molar-refractivity contribution in [3.8, 4) is 0 Å². The molecule has 0 fully saturated rings. The van der Waals surface area contributed by atoms with Crippen LogP contribution >= 0.6 is 0 Å². The lowest BCUT2D eigenvalue weighted by molar-refractivity contribution is -0.115. The zero-order valence-corrected chi connectivity index (χ0v) is 9.26. The van der Waals surface area contributed by atoms with Gasteiger partial charge in [-0.05, 0) is 17.9 Å². The molecule has 0 aromatic heterocycles. The highest BCUT2D eigenvalue weighted by Gasteiger charge is 2.21. The summed E-state index contributed by atoms with van der Waals surface area (Å²) in [5.74, 6) is -0.184. The lowest BCUT2D eigenvalue weighted by Gasteiger charge is -2.20. The number of hydrogen-bond acceptors (Lipinski definition) is 2. The van der Waals surface area contributed by atoms with E-state index in [0.29, 0.717) is 6.42 Å². The van der Waals surface area contributed by atoms with Crippen LogP contribution in [0.4, 0.5) is 0 Å². The van der Waals surface area contributed by atoms with Gasteiger partial charge >= 0.3 is 0 Å². The summed E-state index contributed by atoms with van der Waals surface area (Å²) in [4.78, 5) is 10.9. The SMILES string of the molecule is CC(C)[C@@H](O)[C@@H](C=O)Cc1ccccc1. The van der Waals surface area contributed by atoms with Gasteiger partial charge in [0.1, 0.15) is 6.29 Å². The van der Waals surface area contributed by atoms with Crippen LogP contribution in [0.25, 0.3) is 0 Å². The van der Waals surface area contributed by atoms with Gasteiger partial charge in [-0.3, -0.25) is 0 Å². The van der Waals surface area contributed by atoms with Crippen molar-refractivity contribution in [1.82, 2.24) is 0 Å². The molecule has 0 unspecified atom stereocenters. The number of aliphatic hydroxyl groups excluding tert-OH is 1. The summed E-state index contributed by atoms with van der Waals surface area (Å²) >= 11 is 0. The van der Waals surface area contributed by atoms with E-state index in [1.165, 1.54) is 0 Å². The maximum Gasteiger partial charge on any atom is 0.125 e. The van der Waals surface area contributed by atoms with Gasteiger partial charge in [0.25, 0.3) is 0 Å². The van der Waals surface area contributed by atoms with Crippen molar-refractivity contribution in [2.45, 2.75) is 26.4 Å². The monoisotopic (exact) mass is 206 g/mol. The third kappa shape index (κ3) is 3.48. The first-order chi connectivity index (χ1) is 7.15. The van der Waals surface area contributed by atoms with Gasteiger partial charge in [-0.2, -0.15) is 0 Å². The largest absolute Gasteiger partial charge is 0.392 e. The highest BCUT2D eigenvalue weighted by molar-refractivity contribution is 5.55. The standard InChI is InChI=1S/C13H18O2/c1-10(2)13(15)12(9-14)8-11-6-4-3-5-7-11/h3-7,9-10,12-13,15H,8H2,1-2H3/t12-,13-/m1/s1. The Balaban J connectivity index is 2.66. The van der Waals surface area contributed by atoms with Crippen molar-refractivity contribution in [3.05, 3.63) is 35.9 Å². The van der Waals surface area contributed by atoms with Crippen LogP contribution in [0.15, 0.2) is 30.3 Å². The Hall–Kier alpha value is -1.15. The molecule has 1 rings (SSSR count). The van der Waals surface area contributed by atoms with E-state index in [1.807, 2.05) is 44.2 Å². The minimum atomic E-state index is -0.553. The molecule has 1 N–H and O–H groups in total. The van der Waals surface area contributed by atoms with Gasteiger partial charge in [-0.25, -0.2) is 0 Å². The van der Waals surface area contributed by atoms with Crippen molar-refractivity contribution >= 4 is 6.29 Å². The zero-order valence-electron chi connectivity index (χ0n) is 9.26. The van der Waals surface area contributed by atoms with Crippen LogP contribution in [0.5, 0.6) is 0 Å². The van der Waals surface area contributed by atoms with E-state index < -0.39 is 6.10 Å². The van der Waals surface area contributed by atoms with Crippen molar-refractivity contribution < 1.29 is 9.90 Å². The van der Waals surface area contributed by atoms with Crippen LogP contribution in [-0.2, 0) is 11.2 Å². The fourth-order valence-electron chi connectivity index (χ4n) is 1.63. The second-order valence-corrected chi connectivity index (χ2v) is 4.22. The van der Waals surface area contributed by atoms with Crippen LogP contribution in [0.3, 0.4) is 0 Å². The molecule has 1 aromatic carbocycles. The van der Waals surface area contributed by atoms with E-state index in [2.05, 4.69) is 0 Å². The number of aldehydes is 1. The Morgan fingerprint density at radius 2 is 1.87 bits per heavy atom. The minimum absolute atomic E-state index is 0.115. The molecule has 82 valence electrons. The summed E-state index contributed by atoms with van der Waals surface area (Å²) in [6, 6.07) is 9.78. The molecule has 2 atom stereocenters. The van der Waals surface area contributed by atoms with Crippen LogP contribution < -0.4 is 0 Å². The van der Waals surface area contributed by atoms with Crippen molar-refractivity contribution in [2.75, 3.05) is 0 Å². The van der Waals surface area contributed by atoms with Gasteiger partial charge in [0, 0.05) is 5.92 Å². The number of carbonyl (C=O) groups excluding carboxylic acids is 1. The number of carbonyl (C=O) groups is 1. The summed E-state index contributed by atoms with van der Waals surface area (Å²) in [6.45, 7) is 3.85. The summed E-state index contributed by atoms with van der Waals surface area (Å²) in [6.07, 6.45) is 0.921. The van der Waals surface area contributed by atoms with Gasteiger partial charge < -0.3 is 9.90 Å². The topological polar surface area (TPSA) is 37.3 Å². The van der Waals surface area contributed by atoms with Gasteiger partial charge in [-0.15, -0.1) is 0 Å². The molecule has 0 aliphatic heterocycles. The van der Waals surface area contributed by atoms with Crippen LogP contribution in [0.1, 0.15) is 19.4 Å². The quantitative estimate of drug-likeness (QED) is 0.749. The van der Waals surface area contributed by atoms with E-state index in [-0.39, 0.29) is 11.8 Å². The lowest BCUT2D eigenvalue weighted by atomic mass is 9.89. The molecular formula is C13H18O2. The fraction of sp³-hybridized carbons (Fsp3) is 0.462. The summed E-state index contributed by atoms with van der Waals surface area (Å²) in [5, 5.41) is 9.82. The van der Waals surface area contributed by atoms with Gasteiger partial charge in [0.15, 0.2) is 0 Å². The summed E-state index contributed by atoms with van der Waals surface area (Å²) in [5.41, 5.74) is 1.09. The molecule has 0 saturated carbocycles. The van der Waals surface area contributed by atoms with E-state index in [1.54, 1.807) is 0 Å². The third-order valence-corrected chi connectivity index (χ3v) is 2.61. The first-order valence-electron chi connectivity index (χ1n) is 5.32. The van der Waals surface area contributed by atoms with Crippen LogP contribution in [-0.4, -0.2) is 17.5 Å². The molecular weight excluding hydrogens is 188 g/mol. The predicted octanol–water partition coefficient (Wildman–Crippen LogP) is 2.06. The molecule has 0 bridgehead atoms. The van der Waals surface area contributed by atoms with Gasteiger partial charge in [0.2, 0.25) is 0 Å². The molecule has 0 spiro atoms. The average Bonchev–Trinajstić information content (AvgIpc) is 2.26. The van der Waals surface area contributed by atoms with E-state index >= 15 is 0 Å². The molecule has 0 saturated heterocycles. The predicted molar refractivity (Wildman–Crippen MR) is 60.5 cm³/mol. The molecule has 0 aliphatic carbocycles. The molecule has 2 nitrogen and oxygen atoms in total. The van der Waals surface area contributed by atoms with Crippen LogP contribution in [0, 0.1) is 11.8 Å². The highest BCUT2D eigenvalue weighted by Crippen LogP contribution is 2.16. The molecule has 0 amide bonds. The lowest BCUT2D eigenvalue weighted by Crippen LogP contribution is -2.28. The fourth-order valence-corrected chi connectivity index (χ4v) is 1.63. The molecule has 0 radical (unpaired) electrons. The van der Waals surface area contributed by atoms with Crippen molar-refractivity contribution in [2.24, 2.45) is 11.8 Å². The van der Waals surface area contributed by atoms with Crippen LogP contribution in [0.2, 0.25) is 0 Å². The Bertz CT molecular complexity index is 293. The smallest absolute Gasteiger partial charge is 0.125 e. The van der Waals surface area contributed by atoms with E-state index in [0.717, 1.165) is 11.8 Å². The summed E-state index contributed by atoms with van der Waals surface area (Å²) in [7, 11) is 0. The number of rotatable bonds is 5. The second-order valence-electron chi connectivity index (χ2n) is 4.22. The molecule has 2 heteroatoms. The second kappa shape index (κ2) is 5.66. The van der Waals surface area contributed by atoms with Gasteiger partial charge in [0.05, 0.1) is 6.10 Å². The summed E-state index contributed by atoms with van der Waals surface area (Å²) < 4.78 is 0. The van der Waals surface area contributed by atoms with Crippen molar-refractivity contribution in [1.29, 1.82) is 0 Å². The van der Waals surface area contributed by atoms with E-state index in [4.69, 9.17) is 0 Å². The molecule has 1 aromatic rings. The molecule has 0 heterocycles. The maximum atomic E-state index is 10.9. The molecule has 0 aliphatic rings. The number of aliphatic hydroxyl groups is 1. The zero-order chi connectivity index (χ0) is 11.3. The normalized spacial score (nSPS) is 14.9. The number of benzene rings is 1. The Morgan fingerprint density at radius 3 is 2.33 bits per heavy atom. The first-order valence-corrected chi connectivity index (χ1v) is 5.32. The third-order valence-electron chi connectivity index (χ3n) is 2.61. The minimum Gasteiger partial charge on any atom is -0.392 e. The van der Waals surface area contributed by atoms with Gasteiger partial charge in [-0.1, -0.05) is 44.2 Å². The van der Waals surface area contributed by atoms with Crippen molar-refractivity contribution in [3.63, 3.8) is 0 Å². The average molecular weight is 206 g/mol. The van der Waals surface area contributed by atoms with E-state index in [9.17, 15) is 9.90 Å². The Labute approximate surface area is 90.9 Å². The maximum absolute atomic E-state index is 10.9. The highest BCUT2D eigenvalue weighted by atomic mass is 16.3. The Kier molecular flexibility index (Phi) is 4.50. The first kappa shape index (κ1) is 11.9. The molecule has 15 heavy (non-hydrogen) atoms.